The van der Waals surface area contributed by atoms with Crippen LogP contribution in [0.1, 0.15) is 22.3 Å². The van der Waals surface area contributed by atoms with E-state index in [2.05, 4.69) is 253 Å². The molecule has 4 heteroatoms. The Hall–Kier alpha value is -9.77. The maximum atomic E-state index is 5.31. The molecule has 0 bridgehead atoms. The molecule has 1 aliphatic carbocycles. The highest BCUT2D eigenvalue weighted by Crippen LogP contribution is 2.63. The van der Waals surface area contributed by atoms with Gasteiger partial charge in [0.1, 0.15) is 0 Å². The maximum absolute atomic E-state index is 5.31. The lowest BCUT2D eigenvalue weighted by Crippen LogP contribution is -2.28. The molecular weight excluding hydrogens is 897 g/mol. The Bertz CT molecular complexity index is 4220. The van der Waals surface area contributed by atoms with Crippen molar-refractivity contribution in [2.24, 2.45) is 0 Å². The summed E-state index contributed by atoms with van der Waals surface area (Å²) in [6.07, 6.45) is 0. The molecule has 3 heterocycles. The summed E-state index contributed by atoms with van der Waals surface area (Å²) in [6.45, 7) is 0. The number of fused-ring (bicyclic) bond motifs is 6. The van der Waals surface area contributed by atoms with E-state index in [4.69, 9.17) is 15.0 Å². The van der Waals surface area contributed by atoms with E-state index in [0.29, 0.717) is 17.5 Å². The molecule has 2 aromatic heterocycles. The number of benzene rings is 11. The van der Waals surface area contributed by atoms with Crippen LogP contribution in [-0.4, -0.2) is 19.5 Å². The first-order valence-electron chi connectivity index (χ1n) is 25.3. The fourth-order valence-corrected chi connectivity index (χ4v) is 12.2. The molecule has 344 valence electrons. The Labute approximate surface area is 429 Å². The average Bonchev–Trinajstić information content (AvgIpc) is 3.97. The molecule has 0 atom stereocenters. The molecule has 0 fully saturated rings. The Balaban J connectivity index is 0.941. The van der Waals surface area contributed by atoms with Crippen molar-refractivity contribution >= 4 is 21.8 Å². The summed E-state index contributed by atoms with van der Waals surface area (Å²) < 4.78 is 2.54. The lowest BCUT2D eigenvalue weighted by atomic mass is 9.67. The summed E-state index contributed by atoms with van der Waals surface area (Å²) in [5.74, 6) is 1.85. The third-order valence-corrected chi connectivity index (χ3v) is 15.4. The number of nitrogens with zero attached hydrogens (tertiary/aromatic N) is 4. The molecule has 0 saturated heterocycles. The van der Waals surface area contributed by atoms with Crippen LogP contribution in [0.2, 0.25) is 0 Å². The molecule has 13 aromatic rings. The number of rotatable bonds is 8. The first kappa shape index (κ1) is 42.0. The van der Waals surface area contributed by atoms with Crippen LogP contribution >= 0.6 is 0 Å². The van der Waals surface area contributed by atoms with Gasteiger partial charge in [-0.3, -0.25) is 0 Å². The highest BCUT2D eigenvalue weighted by molar-refractivity contribution is 6.19. The Morgan fingerprint density at radius 2 is 0.743 bits per heavy atom. The minimum absolute atomic E-state index is 0.604. The van der Waals surface area contributed by atoms with Gasteiger partial charge in [-0.05, 0) is 109 Å². The second-order valence-corrected chi connectivity index (χ2v) is 19.5. The predicted octanol–water partition coefficient (Wildman–Crippen LogP) is 17.3. The largest absolute Gasteiger partial charge is 0.308 e. The topological polar surface area (TPSA) is 43.6 Å². The normalized spacial score (nSPS) is 12.7. The van der Waals surface area contributed by atoms with Crippen LogP contribution in [0.25, 0.3) is 117 Å². The molecule has 2 aliphatic rings. The highest BCUT2D eigenvalue weighted by atomic mass is 15.0. The van der Waals surface area contributed by atoms with Crippen LogP contribution in [0.3, 0.4) is 0 Å². The summed E-state index contributed by atoms with van der Waals surface area (Å²) in [5, 5.41) is 2.53. The fraction of sp³-hybridized carbons (Fsp3) is 0.0143. The van der Waals surface area contributed by atoms with Gasteiger partial charge in [0.2, 0.25) is 0 Å². The van der Waals surface area contributed by atoms with Gasteiger partial charge in [-0.25, -0.2) is 15.0 Å². The fourth-order valence-electron chi connectivity index (χ4n) is 12.2. The summed E-state index contributed by atoms with van der Waals surface area (Å²) in [6, 6.07) is 96.7. The smallest absolute Gasteiger partial charge is 0.164 e. The molecule has 11 aromatic carbocycles. The van der Waals surface area contributed by atoms with Gasteiger partial charge < -0.3 is 4.57 Å². The van der Waals surface area contributed by atoms with Crippen molar-refractivity contribution in [2.75, 3.05) is 0 Å². The molecule has 0 amide bonds. The van der Waals surface area contributed by atoms with Crippen LogP contribution in [0.15, 0.2) is 267 Å². The van der Waals surface area contributed by atoms with Crippen LogP contribution in [-0.2, 0) is 5.41 Å². The second kappa shape index (κ2) is 16.7. The van der Waals surface area contributed by atoms with Gasteiger partial charge in [0, 0.05) is 38.6 Å². The van der Waals surface area contributed by atoms with Gasteiger partial charge in [-0.15, -0.1) is 0 Å². The van der Waals surface area contributed by atoms with Crippen molar-refractivity contribution in [2.45, 2.75) is 5.41 Å². The molecule has 0 saturated carbocycles. The Kier molecular flexibility index (Phi) is 9.45. The molecule has 1 aliphatic heterocycles. The molecule has 0 N–H and O–H groups in total. The van der Waals surface area contributed by atoms with E-state index in [1.807, 2.05) is 18.2 Å². The molecule has 0 spiro atoms. The van der Waals surface area contributed by atoms with Crippen molar-refractivity contribution in [3.63, 3.8) is 0 Å². The quantitative estimate of drug-likeness (QED) is 0.152. The van der Waals surface area contributed by atoms with E-state index in [1.165, 1.54) is 72.0 Å². The standard InChI is InChI=1S/C70H44N4/c1-6-20-45(21-7-1)50-40-51(46-22-8-2-9-23-46)42-53(41-50)69-72-67(48-24-10-3-11-25-48)71-68(73-69)49-36-34-47(35-37-49)52-43-59-57-31-17-19-33-63(57)74-62-32-18-16-30-56(62)58-38-39-60-65(66(58)74)64(59)61(44-52)70(60,54-26-12-4-13-27-54)55-28-14-5-15-29-55/h1-44H. The highest BCUT2D eigenvalue weighted by Gasteiger charge is 2.49. The van der Waals surface area contributed by atoms with Crippen LogP contribution < -0.4 is 0 Å². The first-order valence-corrected chi connectivity index (χ1v) is 25.3. The molecule has 0 radical (unpaired) electrons. The van der Waals surface area contributed by atoms with Gasteiger partial charge in [-0.1, -0.05) is 224 Å². The number of hydrogen-bond donors (Lipinski definition) is 0. The zero-order chi connectivity index (χ0) is 48.7. The minimum Gasteiger partial charge on any atom is -0.308 e. The van der Waals surface area contributed by atoms with Gasteiger partial charge in [0.15, 0.2) is 17.5 Å². The van der Waals surface area contributed by atoms with Crippen molar-refractivity contribution in [3.05, 3.63) is 289 Å². The molecule has 74 heavy (non-hydrogen) atoms. The maximum Gasteiger partial charge on any atom is 0.164 e. The number of hydrogen-bond acceptors (Lipinski definition) is 3. The Morgan fingerprint density at radius 1 is 0.284 bits per heavy atom. The monoisotopic (exact) mass is 940 g/mol. The van der Waals surface area contributed by atoms with E-state index in [9.17, 15) is 0 Å². The number of para-hydroxylation sites is 2. The van der Waals surface area contributed by atoms with Crippen LogP contribution in [0.4, 0.5) is 0 Å². The number of aromatic nitrogens is 4. The van der Waals surface area contributed by atoms with Crippen molar-refractivity contribution < 1.29 is 0 Å². The van der Waals surface area contributed by atoms with E-state index in [-0.39, 0.29) is 0 Å². The molecular formula is C70H44N4. The molecule has 4 nitrogen and oxygen atoms in total. The van der Waals surface area contributed by atoms with E-state index >= 15 is 0 Å². The summed E-state index contributed by atoms with van der Waals surface area (Å²) in [7, 11) is 0. The van der Waals surface area contributed by atoms with Gasteiger partial charge in [0.25, 0.3) is 0 Å². The third-order valence-electron chi connectivity index (χ3n) is 15.4. The van der Waals surface area contributed by atoms with E-state index in [1.54, 1.807) is 0 Å². The van der Waals surface area contributed by atoms with Gasteiger partial charge in [-0.2, -0.15) is 0 Å². The zero-order valence-corrected chi connectivity index (χ0v) is 40.2. The zero-order valence-electron chi connectivity index (χ0n) is 40.2. The first-order chi connectivity index (χ1) is 36.7. The van der Waals surface area contributed by atoms with Gasteiger partial charge in [0.05, 0.1) is 22.1 Å². The Morgan fingerprint density at radius 3 is 1.36 bits per heavy atom. The summed E-state index contributed by atoms with van der Waals surface area (Å²) in [5.41, 5.74) is 22.6. The summed E-state index contributed by atoms with van der Waals surface area (Å²) >= 11 is 0. The molecule has 15 rings (SSSR count). The van der Waals surface area contributed by atoms with Crippen molar-refractivity contribution in [1.29, 1.82) is 0 Å². The lowest BCUT2D eigenvalue weighted by molar-refractivity contribution is 0.769. The third kappa shape index (κ3) is 6.38. The average molecular weight is 941 g/mol. The predicted molar refractivity (Wildman–Crippen MR) is 303 cm³/mol. The van der Waals surface area contributed by atoms with Gasteiger partial charge >= 0.3 is 0 Å². The van der Waals surface area contributed by atoms with Crippen LogP contribution in [0.5, 0.6) is 0 Å². The summed E-state index contributed by atoms with van der Waals surface area (Å²) in [4.78, 5) is 15.7. The molecule has 0 unspecified atom stereocenters. The SMILES string of the molecule is c1ccc(-c2cc(-c3ccccc3)cc(-c3nc(-c4ccccc4)nc(-c4ccc(-c5cc6c7c(c5)C(c5ccccc5)(c5ccccc5)c5ccc8c9ccccc9n(c8c5-7)-c5ccccc5-6)cc4)n3)c2)cc1. The van der Waals surface area contributed by atoms with E-state index < -0.39 is 5.41 Å². The second-order valence-electron chi connectivity index (χ2n) is 19.5. The lowest BCUT2D eigenvalue weighted by Gasteiger charge is -2.34. The van der Waals surface area contributed by atoms with Crippen molar-refractivity contribution in [3.8, 4) is 95.5 Å². The minimum atomic E-state index is -0.604. The van der Waals surface area contributed by atoms with Crippen LogP contribution in [0, 0.1) is 0 Å². The van der Waals surface area contributed by atoms with Crippen molar-refractivity contribution in [1.82, 2.24) is 19.5 Å². The van der Waals surface area contributed by atoms with E-state index in [0.717, 1.165) is 50.1 Å².